The molecule has 0 saturated heterocycles. The molecule has 98 valence electrons. The SMILES string of the molecule is CC(O)(c1ccccc1Br)C1CCc2cccnc21. The lowest BCUT2D eigenvalue weighted by molar-refractivity contribution is 0.0249. The van der Waals surface area contributed by atoms with Gasteiger partial charge in [-0.1, -0.05) is 40.2 Å². The van der Waals surface area contributed by atoms with E-state index in [1.54, 1.807) is 0 Å². The summed E-state index contributed by atoms with van der Waals surface area (Å²) in [5, 5.41) is 11.0. The Labute approximate surface area is 121 Å². The van der Waals surface area contributed by atoms with Crippen LogP contribution in [0.2, 0.25) is 0 Å². The van der Waals surface area contributed by atoms with Gasteiger partial charge < -0.3 is 5.11 Å². The normalized spacial score (nSPS) is 20.9. The summed E-state index contributed by atoms with van der Waals surface area (Å²) in [6, 6.07) is 11.9. The summed E-state index contributed by atoms with van der Waals surface area (Å²) in [5.74, 6) is 0.0578. The Kier molecular flexibility index (Phi) is 3.19. The Bertz CT molecular complexity index is 609. The van der Waals surface area contributed by atoms with Crippen molar-refractivity contribution in [3.8, 4) is 0 Å². The van der Waals surface area contributed by atoms with Crippen LogP contribution in [0.1, 0.15) is 36.1 Å². The molecular weight excluding hydrogens is 302 g/mol. The largest absolute Gasteiger partial charge is 0.385 e. The number of aliphatic hydroxyl groups is 1. The highest BCUT2D eigenvalue weighted by molar-refractivity contribution is 9.10. The summed E-state index contributed by atoms with van der Waals surface area (Å²) in [4.78, 5) is 4.49. The van der Waals surface area contributed by atoms with E-state index >= 15 is 0 Å². The van der Waals surface area contributed by atoms with Crippen LogP contribution in [0, 0.1) is 0 Å². The molecule has 1 aromatic carbocycles. The van der Waals surface area contributed by atoms with E-state index < -0.39 is 5.60 Å². The van der Waals surface area contributed by atoms with Crippen LogP contribution in [-0.2, 0) is 12.0 Å². The van der Waals surface area contributed by atoms with Crippen LogP contribution in [0.3, 0.4) is 0 Å². The lowest BCUT2D eigenvalue weighted by atomic mass is 9.81. The minimum absolute atomic E-state index is 0.0578. The lowest BCUT2D eigenvalue weighted by Crippen LogP contribution is -2.29. The molecule has 0 fully saturated rings. The number of nitrogens with zero attached hydrogens (tertiary/aromatic N) is 1. The van der Waals surface area contributed by atoms with Crippen LogP contribution in [0.15, 0.2) is 47.1 Å². The molecule has 3 rings (SSSR count). The van der Waals surface area contributed by atoms with E-state index in [1.165, 1.54) is 5.56 Å². The molecule has 1 aromatic heterocycles. The van der Waals surface area contributed by atoms with Gasteiger partial charge in [-0.25, -0.2) is 0 Å². The molecule has 0 bridgehead atoms. The molecule has 0 amide bonds. The van der Waals surface area contributed by atoms with Gasteiger partial charge in [0.15, 0.2) is 0 Å². The van der Waals surface area contributed by atoms with Gasteiger partial charge in [0, 0.05) is 22.3 Å². The second kappa shape index (κ2) is 4.73. The van der Waals surface area contributed by atoms with E-state index in [4.69, 9.17) is 0 Å². The fourth-order valence-corrected chi connectivity index (χ4v) is 3.71. The maximum atomic E-state index is 11.0. The maximum absolute atomic E-state index is 11.0. The number of hydrogen-bond acceptors (Lipinski definition) is 2. The Morgan fingerprint density at radius 3 is 2.84 bits per heavy atom. The summed E-state index contributed by atoms with van der Waals surface area (Å²) >= 11 is 3.54. The number of benzene rings is 1. The Morgan fingerprint density at radius 1 is 1.26 bits per heavy atom. The molecule has 1 N–H and O–H groups in total. The zero-order valence-corrected chi connectivity index (χ0v) is 12.4. The standard InChI is InChI=1S/C16H16BrNO/c1-16(19,12-6-2-3-7-14(12)17)13-9-8-11-5-4-10-18-15(11)13/h2-7,10,13,19H,8-9H2,1H3. The van der Waals surface area contributed by atoms with Gasteiger partial charge in [0.2, 0.25) is 0 Å². The Hall–Kier alpha value is -1.19. The van der Waals surface area contributed by atoms with Crippen molar-refractivity contribution in [3.63, 3.8) is 0 Å². The molecule has 2 aromatic rings. The number of hydrogen-bond donors (Lipinski definition) is 1. The van der Waals surface area contributed by atoms with Crippen molar-refractivity contribution in [1.29, 1.82) is 0 Å². The third kappa shape index (κ3) is 2.11. The highest BCUT2D eigenvalue weighted by atomic mass is 79.9. The van der Waals surface area contributed by atoms with Gasteiger partial charge in [-0.3, -0.25) is 4.98 Å². The average Bonchev–Trinajstić information content (AvgIpc) is 2.83. The highest BCUT2D eigenvalue weighted by Gasteiger charge is 2.40. The number of aromatic nitrogens is 1. The molecule has 2 atom stereocenters. The third-order valence-electron chi connectivity index (χ3n) is 4.06. The molecule has 0 aliphatic heterocycles. The minimum Gasteiger partial charge on any atom is -0.385 e. The van der Waals surface area contributed by atoms with Gasteiger partial charge in [0.25, 0.3) is 0 Å². The smallest absolute Gasteiger partial charge is 0.0962 e. The molecular formula is C16H16BrNO. The van der Waals surface area contributed by atoms with Crippen LogP contribution in [0.5, 0.6) is 0 Å². The molecule has 0 spiro atoms. The second-order valence-electron chi connectivity index (χ2n) is 5.27. The zero-order chi connectivity index (χ0) is 13.5. The molecule has 19 heavy (non-hydrogen) atoms. The van der Waals surface area contributed by atoms with Crippen LogP contribution in [0.25, 0.3) is 0 Å². The highest BCUT2D eigenvalue weighted by Crippen LogP contribution is 2.45. The first-order chi connectivity index (χ1) is 9.10. The Morgan fingerprint density at radius 2 is 2.05 bits per heavy atom. The van der Waals surface area contributed by atoms with E-state index in [9.17, 15) is 5.11 Å². The minimum atomic E-state index is -0.903. The fourth-order valence-electron chi connectivity index (χ4n) is 3.02. The first-order valence-electron chi connectivity index (χ1n) is 6.52. The number of fused-ring (bicyclic) bond motifs is 1. The van der Waals surface area contributed by atoms with Crippen molar-refractivity contribution < 1.29 is 5.11 Å². The third-order valence-corrected chi connectivity index (χ3v) is 4.75. The molecule has 2 nitrogen and oxygen atoms in total. The predicted molar refractivity (Wildman–Crippen MR) is 79.0 cm³/mol. The van der Waals surface area contributed by atoms with Crippen molar-refractivity contribution in [2.45, 2.75) is 31.3 Å². The van der Waals surface area contributed by atoms with E-state index in [0.717, 1.165) is 28.6 Å². The average molecular weight is 318 g/mol. The van der Waals surface area contributed by atoms with E-state index in [-0.39, 0.29) is 5.92 Å². The number of halogens is 1. The molecule has 0 radical (unpaired) electrons. The molecule has 1 aliphatic rings. The van der Waals surface area contributed by atoms with Gasteiger partial charge in [0.05, 0.1) is 5.60 Å². The summed E-state index contributed by atoms with van der Waals surface area (Å²) < 4.78 is 0.949. The van der Waals surface area contributed by atoms with E-state index in [1.807, 2.05) is 43.5 Å². The van der Waals surface area contributed by atoms with Crippen molar-refractivity contribution in [2.75, 3.05) is 0 Å². The number of rotatable bonds is 2. The van der Waals surface area contributed by atoms with Gasteiger partial charge >= 0.3 is 0 Å². The molecule has 2 unspecified atom stereocenters. The molecule has 3 heteroatoms. The quantitative estimate of drug-likeness (QED) is 0.914. The number of aryl methyl sites for hydroxylation is 1. The van der Waals surface area contributed by atoms with Crippen molar-refractivity contribution in [2.24, 2.45) is 0 Å². The first kappa shape index (κ1) is 12.8. The summed E-state index contributed by atoms with van der Waals surface area (Å²) in [5.41, 5.74) is 2.33. The summed E-state index contributed by atoms with van der Waals surface area (Å²) in [6.45, 7) is 1.89. The van der Waals surface area contributed by atoms with Crippen LogP contribution >= 0.6 is 15.9 Å². The van der Waals surface area contributed by atoms with Gasteiger partial charge in [0.1, 0.15) is 0 Å². The van der Waals surface area contributed by atoms with Crippen molar-refractivity contribution in [3.05, 3.63) is 63.9 Å². The van der Waals surface area contributed by atoms with Gasteiger partial charge in [-0.05, 0) is 43.0 Å². The first-order valence-corrected chi connectivity index (χ1v) is 7.31. The number of pyridine rings is 1. The maximum Gasteiger partial charge on any atom is 0.0962 e. The molecule has 1 heterocycles. The monoisotopic (exact) mass is 317 g/mol. The topological polar surface area (TPSA) is 33.1 Å². The fraction of sp³-hybridized carbons (Fsp3) is 0.312. The lowest BCUT2D eigenvalue weighted by Gasteiger charge is -2.31. The van der Waals surface area contributed by atoms with E-state index in [2.05, 4.69) is 27.0 Å². The van der Waals surface area contributed by atoms with Crippen LogP contribution < -0.4 is 0 Å². The van der Waals surface area contributed by atoms with Crippen molar-refractivity contribution in [1.82, 2.24) is 4.98 Å². The molecule has 1 aliphatic carbocycles. The molecule has 0 saturated carbocycles. The zero-order valence-electron chi connectivity index (χ0n) is 10.8. The van der Waals surface area contributed by atoms with Crippen molar-refractivity contribution >= 4 is 15.9 Å². The second-order valence-corrected chi connectivity index (χ2v) is 6.12. The van der Waals surface area contributed by atoms with Crippen LogP contribution in [-0.4, -0.2) is 10.1 Å². The summed E-state index contributed by atoms with van der Waals surface area (Å²) in [7, 11) is 0. The predicted octanol–water partition coefficient (Wildman–Crippen LogP) is 3.78. The summed E-state index contributed by atoms with van der Waals surface area (Å²) in [6.07, 6.45) is 3.75. The van der Waals surface area contributed by atoms with Gasteiger partial charge in [-0.2, -0.15) is 0 Å². The van der Waals surface area contributed by atoms with Gasteiger partial charge in [-0.15, -0.1) is 0 Å². The van der Waals surface area contributed by atoms with Crippen LogP contribution in [0.4, 0.5) is 0 Å². The van der Waals surface area contributed by atoms with E-state index in [0.29, 0.717) is 0 Å². The Balaban J connectivity index is 2.05.